The summed E-state index contributed by atoms with van der Waals surface area (Å²) in [6.45, 7) is 3.75. The summed E-state index contributed by atoms with van der Waals surface area (Å²) in [5.74, 6) is 0.796. The van der Waals surface area contributed by atoms with E-state index in [1.807, 2.05) is 56.3 Å². The molecule has 4 aromatic rings. The summed E-state index contributed by atoms with van der Waals surface area (Å²) in [6, 6.07) is 19.7. The van der Waals surface area contributed by atoms with E-state index >= 15 is 0 Å². The van der Waals surface area contributed by atoms with Crippen molar-refractivity contribution < 1.29 is 18.7 Å². The molecule has 0 fully saturated rings. The van der Waals surface area contributed by atoms with Crippen LogP contribution >= 0.6 is 0 Å². The maximum Gasteiger partial charge on any atom is 0.262 e. The first-order valence-electron chi connectivity index (χ1n) is 9.77. The highest BCUT2D eigenvalue weighted by molar-refractivity contribution is 5.92. The lowest BCUT2D eigenvalue weighted by Gasteiger charge is -2.09. The van der Waals surface area contributed by atoms with Gasteiger partial charge in [0.15, 0.2) is 6.61 Å². The third-order valence-corrected chi connectivity index (χ3v) is 4.64. The van der Waals surface area contributed by atoms with E-state index in [0.717, 1.165) is 11.1 Å². The van der Waals surface area contributed by atoms with E-state index in [0.29, 0.717) is 28.2 Å². The minimum atomic E-state index is -0.286. The van der Waals surface area contributed by atoms with E-state index < -0.39 is 0 Å². The van der Waals surface area contributed by atoms with Crippen LogP contribution in [0.4, 0.5) is 5.69 Å². The van der Waals surface area contributed by atoms with E-state index in [2.05, 4.69) is 5.32 Å². The summed E-state index contributed by atoms with van der Waals surface area (Å²) in [7, 11) is 0. The Morgan fingerprint density at radius 1 is 0.935 bits per heavy atom. The topological polar surface area (TPSA) is 77.8 Å². The molecule has 0 spiro atoms. The number of fused-ring (bicyclic) bond motifs is 1. The van der Waals surface area contributed by atoms with Crippen LogP contribution < -0.4 is 20.2 Å². The first kappa shape index (κ1) is 20.2. The van der Waals surface area contributed by atoms with Gasteiger partial charge in [0.25, 0.3) is 5.91 Å². The number of rotatable bonds is 6. The summed E-state index contributed by atoms with van der Waals surface area (Å²) >= 11 is 0. The highest BCUT2D eigenvalue weighted by Gasteiger charge is 2.11. The van der Waals surface area contributed by atoms with Crippen molar-refractivity contribution in [3.8, 4) is 17.2 Å². The monoisotopic (exact) mass is 415 g/mol. The molecule has 0 saturated heterocycles. The van der Waals surface area contributed by atoms with Gasteiger partial charge in [-0.1, -0.05) is 29.8 Å². The number of ether oxygens (including phenoxy) is 2. The third-order valence-electron chi connectivity index (χ3n) is 4.64. The second kappa shape index (κ2) is 8.75. The van der Waals surface area contributed by atoms with Crippen LogP contribution in [0.2, 0.25) is 0 Å². The molecule has 1 heterocycles. The number of aryl methyl sites for hydroxylation is 2. The van der Waals surface area contributed by atoms with Gasteiger partial charge in [-0.25, -0.2) is 0 Å². The van der Waals surface area contributed by atoms with Crippen molar-refractivity contribution in [1.29, 1.82) is 0 Å². The number of hydrogen-bond acceptors (Lipinski definition) is 5. The van der Waals surface area contributed by atoms with Crippen LogP contribution in [0.25, 0.3) is 11.0 Å². The van der Waals surface area contributed by atoms with Crippen LogP contribution in [0.3, 0.4) is 0 Å². The van der Waals surface area contributed by atoms with Gasteiger partial charge in [-0.15, -0.1) is 0 Å². The number of nitrogens with one attached hydrogen (secondary N) is 1. The molecule has 3 aromatic carbocycles. The van der Waals surface area contributed by atoms with E-state index in [1.54, 1.807) is 24.3 Å². The normalized spacial score (nSPS) is 10.6. The molecule has 1 aromatic heterocycles. The molecule has 0 atom stereocenters. The Morgan fingerprint density at radius 2 is 1.74 bits per heavy atom. The Labute approximate surface area is 179 Å². The predicted octanol–water partition coefficient (Wildman–Crippen LogP) is 5.22. The first-order chi connectivity index (χ1) is 15.0. The molecular formula is C25H21NO5. The number of amides is 1. The maximum absolute atomic E-state index is 12.7. The highest BCUT2D eigenvalue weighted by atomic mass is 16.5. The fourth-order valence-corrected chi connectivity index (χ4v) is 3.04. The lowest BCUT2D eigenvalue weighted by atomic mass is 10.2. The van der Waals surface area contributed by atoms with Gasteiger partial charge >= 0.3 is 0 Å². The molecule has 0 saturated carbocycles. The van der Waals surface area contributed by atoms with Crippen molar-refractivity contribution in [2.45, 2.75) is 13.8 Å². The van der Waals surface area contributed by atoms with Gasteiger partial charge in [0.2, 0.25) is 11.2 Å². The molecule has 0 aliphatic carbocycles. The molecular weight excluding hydrogens is 394 g/mol. The minimum Gasteiger partial charge on any atom is -0.484 e. The zero-order valence-electron chi connectivity index (χ0n) is 17.2. The zero-order chi connectivity index (χ0) is 21.8. The molecule has 4 rings (SSSR count). The third kappa shape index (κ3) is 4.93. The summed E-state index contributed by atoms with van der Waals surface area (Å²) in [5.41, 5.74) is 2.89. The largest absolute Gasteiger partial charge is 0.484 e. The second-order valence-electron chi connectivity index (χ2n) is 7.21. The lowest BCUT2D eigenvalue weighted by Crippen LogP contribution is -2.20. The molecule has 1 N–H and O–H groups in total. The fourth-order valence-electron chi connectivity index (χ4n) is 3.04. The lowest BCUT2D eigenvalue weighted by molar-refractivity contribution is -0.118. The van der Waals surface area contributed by atoms with Gasteiger partial charge in [0, 0.05) is 11.8 Å². The Kier molecular flexibility index (Phi) is 5.71. The molecule has 0 aliphatic rings. The van der Waals surface area contributed by atoms with Crippen LogP contribution in [0.1, 0.15) is 11.1 Å². The van der Waals surface area contributed by atoms with Crippen LogP contribution in [0, 0.1) is 13.8 Å². The maximum atomic E-state index is 12.7. The van der Waals surface area contributed by atoms with E-state index in [4.69, 9.17) is 13.9 Å². The van der Waals surface area contributed by atoms with Crippen molar-refractivity contribution in [2.75, 3.05) is 11.9 Å². The Balaban J connectivity index is 1.45. The number of benzene rings is 3. The number of hydrogen-bond donors (Lipinski definition) is 1. The van der Waals surface area contributed by atoms with E-state index in [1.165, 1.54) is 6.26 Å². The molecule has 6 nitrogen and oxygen atoms in total. The standard InChI is InChI=1S/C25H21NO5/c1-16-6-8-18(9-7-16)26-24(27)15-29-19-10-11-21-22(13-19)30-14-23(25(21)28)31-20-5-3-4-17(2)12-20/h3-14H,15H2,1-2H3,(H,26,27). The van der Waals surface area contributed by atoms with Gasteiger partial charge in [-0.05, 0) is 55.8 Å². The summed E-state index contributed by atoms with van der Waals surface area (Å²) in [4.78, 5) is 24.8. The van der Waals surface area contributed by atoms with Gasteiger partial charge in [-0.2, -0.15) is 0 Å². The van der Waals surface area contributed by atoms with Crippen molar-refractivity contribution >= 4 is 22.6 Å². The average molecular weight is 415 g/mol. The minimum absolute atomic E-state index is 0.101. The quantitative estimate of drug-likeness (QED) is 0.467. The van der Waals surface area contributed by atoms with Gasteiger partial charge in [0.1, 0.15) is 23.3 Å². The Bertz CT molecular complexity index is 1290. The number of carbonyl (C=O) groups excluding carboxylic acids is 1. The summed E-state index contributed by atoms with van der Waals surface area (Å²) < 4.78 is 16.8. The highest BCUT2D eigenvalue weighted by Crippen LogP contribution is 2.24. The smallest absolute Gasteiger partial charge is 0.262 e. The van der Waals surface area contributed by atoms with Gasteiger partial charge < -0.3 is 19.2 Å². The van der Waals surface area contributed by atoms with E-state index in [9.17, 15) is 9.59 Å². The van der Waals surface area contributed by atoms with Crippen LogP contribution in [-0.4, -0.2) is 12.5 Å². The fraction of sp³-hybridized carbons (Fsp3) is 0.120. The van der Waals surface area contributed by atoms with Crippen LogP contribution in [-0.2, 0) is 4.79 Å². The van der Waals surface area contributed by atoms with Crippen molar-refractivity contribution in [2.24, 2.45) is 0 Å². The van der Waals surface area contributed by atoms with Crippen molar-refractivity contribution in [3.05, 3.63) is 94.3 Å². The zero-order valence-corrected chi connectivity index (χ0v) is 17.2. The van der Waals surface area contributed by atoms with Gasteiger partial charge in [0.05, 0.1) is 5.39 Å². The summed E-state index contributed by atoms with van der Waals surface area (Å²) in [5, 5.41) is 3.13. The van der Waals surface area contributed by atoms with Crippen LogP contribution in [0.5, 0.6) is 17.2 Å². The van der Waals surface area contributed by atoms with Gasteiger partial charge in [-0.3, -0.25) is 9.59 Å². The Morgan fingerprint density at radius 3 is 2.52 bits per heavy atom. The molecule has 156 valence electrons. The Hall–Kier alpha value is -4.06. The van der Waals surface area contributed by atoms with Crippen molar-refractivity contribution in [1.82, 2.24) is 0 Å². The molecule has 6 heteroatoms. The first-order valence-corrected chi connectivity index (χ1v) is 9.77. The predicted molar refractivity (Wildman–Crippen MR) is 119 cm³/mol. The molecule has 0 radical (unpaired) electrons. The summed E-state index contributed by atoms with van der Waals surface area (Å²) in [6.07, 6.45) is 1.28. The number of anilines is 1. The molecule has 31 heavy (non-hydrogen) atoms. The molecule has 0 unspecified atom stereocenters. The van der Waals surface area contributed by atoms with Crippen molar-refractivity contribution in [3.63, 3.8) is 0 Å². The molecule has 0 aliphatic heterocycles. The molecule has 1 amide bonds. The number of carbonyl (C=O) groups is 1. The second-order valence-corrected chi connectivity index (χ2v) is 7.21. The van der Waals surface area contributed by atoms with Crippen LogP contribution in [0.15, 0.2) is 82.2 Å². The SMILES string of the molecule is Cc1ccc(NC(=O)COc2ccc3c(=O)c(Oc4cccc(C)c4)coc3c2)cc1. The van der Waals surface area contributed by atoms with E-state index in [-0.39, 0.29) is 23.7 Å². The molecule has 0 bridgehead atoms. The average Bonchev–Trinajstić information content (AvgIpc) is 2.76.